The third-order valence-corrected chi connectivity index (χ3v) is 6.47. The number of hydrogen-bond acceptors (Lipinski definition) is 6. The van der Waals surface area contributed by atoms with Crippen LogP contribution >= 0.6 is 11.3 Å². The van der Waals surface area contributed by atoms with Gasteiger partial charge in [-0.3, -0.25) is 9.59 Å². The van der Waals surface area contributed by atoms with Gasteiger partial charge in [0.05, 0.1) is 25.8 Å². The van der Waals surface area contributed by atoms with Gasteiger partial charge < -0.3 is 19.7 Å². The number of carbonyl (C=O) groups is 2. The minimum atomic E-state index is -0.309. The van der Waals surface area contributed by atoms with Crippen molar-refractivity contribution < 1.29 is 19.1 Å². The highest BCUT2D eigenvalue weighted by Crippen LogP contribution is 2.34. The Balaban J connectivity index is 1.41. The Bertz CT molecular complexity index is 907. The SMILES string of the molecule is COc1ccc(-c2csc(NC(=O)C3CC(=O)N(C4CCCC4)C3)n2)cc1OC. The Morgan fingerprint density at radius 3 is 2.69 bits per heavy atom. The molecule has 1 atom stereocenters. The summed E-state index contributed by atoms with van der Waals surface area (Å²) in [6.45, 7) is 0.517. The van der Waals surface area contributed by atoms with Crippen LogP contribution in [0.3, 0.4) is 0 Å². The lowest BCUT2D eigenvalue weighted by Gasteiger charge is -2.23. The van der Waals surface area contributed by atoms with E-state index in [1.54, 1.807) is 14.2 Å². The van der Waals surface area contributed by atoms with Crippen LogP contribution in [0.15, 0.2) is 23.6 Å². The first-order valence-corrected chi connectivity index (χ1v) is 10.7. The van der Waals surface area contributed by atoms with Gasteiger partial charge in [-0.1, -0.05) is 12.8 Å². The fourth-order valence-corrected chi connectivity index (χ4v) is 4.87. The molecule has 0 spiro atoms. The first kappa shape index (κ1) is 19.7. The number of amides is 2. The molecule has 2 fully saturated rings. The summed E-state index contributed by atoms with van der Waals surface area (Å²) in [5, 5.41) is 5.31. The molecule has 2 aliphatic rings. The van der Waals surface area contributed by atoms with E-state index in [1.807, 2.05) is 28.5 Å². The van der Waals surface area contributed by atoms with Gasteiger partial charge in [0.1, 0.15) is 0 Å². The summed E-state index contributed by atoms with van der Waals surface area (Å²) in [6, 6.07) is 5.90. The minimum Gasteiger partial charge on any atom is -0.493 e. The van der Waals surface area contributed by atoms with Gasteiger partial charge in [0.15, 0.2) is 16.6 Å². The predicted octanol–water partition coefficient (Wildman–Crippen LogP) is 3.56. The molecular formula is C21H25N3O4S. The molecule has 1 saturated carbocycles. The van der Waals surface area contributed by atoms with Crippen molar-refractivity contribution in [3.63, 3.8) is 0 Å². The first-order valence-electron chi connectivity index (χ1n) is 9.87. The van der Waals surface area contributed by atoms with Crippen LogP contribution in [0.4, 0.5) is 5.13 Å². The maximum atomic E-state index is 12.7. The molecule has 2 amide bonds. The first-order chi connectivity index (χ1) is 14.1. The molecule has 7 nitrogen and oxygen atoms in total. The molecule has 1 saturated heterocycles. The molecular weight excluding hydrogens is 390 g/mol. The number of rotatable bonds is 6. The van der Waals surface area contributed by atoms with Crippen molar-refractivity contribution in [2.24, 2.45) is 5.92 Å². The molecule has 2 heterocycles. The third-order valence-electron chi connectivity index (χ3n) is 5.71. The molecule has 1 aromatic carbocycles. The number of ether oxygens (including phenoxy) is 2. The number of thiazole rings is 1. The van der Waals surface area contributed by atoms with Crippen molar-refractivity contribution in [2.45, 2.75) is 38.1 Å². The smallest absolute Gasteiger partial charge is 0.231 e. The Hall–Kier alpha value is -2.61. The zero-order valence-electron chi connectivity index (χ0n) is 16.6. The normalized spacial score (nSPS) is 19.6. The summed E-state index contributed by atoms with van der Waals surface area (Å²) in [5.74, 6) is 0.934. The summed E-state index contributed by atoms with van der Waals surface area (Å²) < 4.78 is 10.6. The highest BCUT2D eigenvalue weighted by atomic mass is 32.1. The van der Waals surface area contributed by atoms with Crippen LogP contribution in [-0.4, -0.2) is 48.5 Å². The molecule has 1 aliphatic heterocycles. The van der Waals surface area contributed by atoms with Crippen LogP contribution in [0, 0.1) is 5.92 Å². The highest BCUT2D eigenvalue weighted by Gasteiger charge is 2.38. The zero-order chi connectivity index (χ0) is 20.4. The van der Waals surface area contributed by atoms with Crippen LogP contribution in [0.25, 0.3) is 11.3 Å². The molecule has 1 aliphatic carbocycles. The van der Waals surface area contributed by atoms with Crippen LogP contribution in [0.2, 0.25) is 0 Å². The fraction of sp³-hybridized carbons (Fsp3) is 0.476. The molecule has 154 valence electrons. The van der Waals surface area contributed by atoms with Crippen molar-refractivity contribution in [3.05, 3.63) is 23.6 Å². The van der Waals surface area contributed by atoms with E-state index in [0.717, 1.165) is 24.1 Å². The maximum Gasteiger partial charge on any atom is 0.231 e. The van der Waals surface area contributed by atoms with E-state index < -0.39 is 0 Å². The monoisotopic (exact) mass is 415 g/mol. The standard InChI is InChI=1S/C21H25N3O4S/c1-27-17-8-7-13(9-18(17)28-2)16-12-29-21(22-16)23-20(26)14-10-19(25)24(11-14)15-5-3-4-6-15/h7-9,12,14-15H,3-6,10-11H2,1-2H3,(H,22,23,26). The summed E-state index contributed by atoms with van der Waals surface area (Å²) in [7, 11) is 3.18. The second kappa shape index (κ2) is 8.41. The number of nitrogens with zero attached hydrogens (tertiary/aromatic N) is 2. The number of likely N-dealkylation sites (tertiary alicyclic amines) is 1. The van der Waals surface area contributed by atoms with Crippen LogP contribution < -0.4 is 14.8 Å². The second-order valence-corrected chi connectivity index (χ2v) is 8.34. The van der Waals surface area contributed by atoms with Crippen molar-refractivity contribution in [1.82, 2.24) is 9.88 Å². The fourth-order valence-electron chi connectivity index (χ4n) is 4.14. The van der Waals surface area contributed by atoms with Gasteiger partial charge >= 0.3 is 0 Å². The Labute approximate surface area is 174 Å². The third kappa shape index (κ3) is 4.07. The van der Waals surface area contributed by atoms with Crippen LogP contribution in [0.1, 0.15) is 32.1 Å². The summed E-state index contributed by atoms with van der Waals surface area (Å²) in [6.07, 6.45) is 4.74. The predicted molar refractivity (Wildman–Crippen MR) is 111 cm³/mol. The molecule has 0 radical (unpaired) electrons. The van der Waals surface area contributed by atoms with E-state index in [1.165, 1.54) is 24.2 Å². The maximum absolute atomic E-state index is 12.7. The van der Waals surface area contributed by atoms with E-state index in [2.05, 4.69) is 10.3 Å². The van der Waals surface area contributed by atoms with Gasteiger partial charge in [0, 0.05) is 30.0 Å². The topological polar surface area (TPSA) is 80.8 Å². The van der Waals surface area contributed by atoms with Gasteiger partial charge in [-0.25, -0.2) is 4.98 Å². The van der Waals surface area contributed by atoms with E-state index >= 15 is 0 Å². The van der Waals surface area contributed by atoms with Crippen molar-refractivity contribution in [1.29, 1.82) is 0 Å². The Kier molecular flexibility index (Phi) is 5.71. The molecule has 2 aromatic rings. The molecule has 0 bridgehead atoms. The number of aromatic nitrogens is 1. The lowest BCUT2D eigenvalue weighted by molar-refractivity contribution is -0.129. The molecule has 1 N–H and O–H groups in total. The highest BCUT2D eigenvalue weighted by molar-refractivity contribution is 7.14. The van der Waals surface area contributed by atoms with Crippen LogP contribution in [-0.2, 0) is 9.59 Å². The number of hydrogen-bond donors (Lipinski definition) is 1. The minimum absolute atomic E-state index is 0.0993. The van der Waals surface area contributed by atoms with Crippen molar-refractivity contribution >= 4 is 28.3 Å². The van der Waals surface area contributed by atoms with E-state index in [-0.39, 0.29) is 24.2 Å². The summed E-state index contributed by atoms with van der Waals surface area (Å²) >= 11 is 1.37. The van der Waals surface area contributed by atoms with Gasteiger partial charge in [0.25, 0.3) is 0 Å². The second-order valence-electron chi connectivity index (χ2n) is 7.48. The average Bonchev–Trinajstić information content (AvgIpc) is 3.48. The lowest BCUT2D eigenvalue weighted by atomic mass is 10.1. The molecule has 29 heavy (non-hydrogen) atoms. The van der Waals surface area contributed by atoms with Crippen molar-refractivity contribution in [2.75, 3.05) is 26.1 Å². The van der Waals surface area contributed by atoms with Crippen LogP contribution in [0.5, 0.6) is 11.5 Å². The summed E-state index contributed by atoms with van der Waals surface area (Å²) in [4.78, 5) is 31.5. The van der Waals surface area contributed by atoms with E-state index in [9.17, 15) is 9.59 Å². The van der Waals surface area contributed by atoms with Gasteiger partial charge in [-0.15, -0.1) is 11.3 Å². The average molecular weight is 416 g/mol. The molecule has 1 aromatic heterocycles. The van der Waals surface area contributed by atoms with E-state index in [0.29, 0.717) is 29.2 Å². The number of nitrogens with one attached hydrogen (secondary N) is 1. The van der Waals surface area contributed by atoms with Gasteiger partial charge in [-0.05, 0) is 31.0 Å². The summed E-state index contributed by atoms with van der Waals surface area (Å²) in [5.41, 5.74) is 1.63. The van der Waals surface area contributed by atoms with Gasteiger partial charge in [0.2, 0.25) is 11.8 Å². The number of anilines is 1. The number of carbonyl (C=O) groups excluding carboxylic acids is 2. The zero-order valence-corrected chi connectivity index (χ0v) is 17.5. The molecule has 4 rings (SSSR count). The Morgan fingerprint density at radius 1 is 1.21 bits per heavy atom. The molecule has 1 unspecified atom stereocenters. The quantitative estimate of drug-likeness (QED) is 0.780. The largest absolute Gasteiger partial charge is 0.493 e. The number of benzene rings is 1. The van der Waals surface area contributed by atoms with Gasteiger partial charge in [-0.2, -0.15) is 0 Å². The van der Waals surface area contributed by atoms with E-state index in [4.69, 9.17) is 9.47 Å². The lowest BCUT2D eigenvalue weighted by Crippen LogP contribution is -2.35. The number of methoxy groups -OCH3 is 2. The molecule has 8 heteroatoms. The Morgan fingerprint density at radius 2 is 1.97 bits per heavy atom. The van der Waals surface area contributed by atoms with Crippen molar-refractivity contribution in [3.8, 4) is 22.8 Å².